The van der Waals surface area contributed by atoms with Gasteiger partial charge in [0.05, 0.1) is 10.1 Å². The predicted molar refractivity (Wildman–Crippen MR) is 126 cm³/mol. The van der Waals surface area contributed by atoms with Gasteiger partial charge in [-0.25, -0.2) is 13.4 Å². The van der Waals surface area contributed by atoms with Crippen LogP contribution in [-0.2, 0) is 21.5 Å². The van der Waals surface area contributed by atoms with Crippen LogP contribution in [0.5, 0.6) is 0 Å². The topological polar surface area (TPSA) is 105 Å². The molecular weight excluding hydrogens is 426 g/mol. The van der Waals surface area contributed by atoms with Crippen LogP contribution in [0.2, 0.25) is 0 Å². The van der Waals surface area contributed by atoms with Crippen molar-refractivity contribution in [3.8, 4) is 0 Å². The minimum Gasteiger partial charge on any atom is -0.748 e. The summed E-state index contributed by atoms with van der Waals surface area (Å²) in [7, 11) is -3.92. The number of benzene rings is 1. The quantitative estimate of drug-likeness (QED) is 0.302. The summed E-state index contributed by atoms with van der Waals surface area (Å²) in [6.45, 7) is 3.91. The van der Waals surface area contributed by atoms with E-state index in [4.69, 9.17) is 13.0 Å². The maximum absolute atomic E-state index is 11.8. The van der Waals surface area contributed by atoms with Crippen molar-refractivity contribution < 1.29 is 22.7 Å². The SMILES string of the molecule is CS(=O)(=O)[O-].Cc1ccc2c(ccn2CCCCCCNC(=O)/C=C/c2ccc[nH+]c2)c1. The van der Waals surface area contributed by atoms with Gasteiger partial charge in [0.1, 0.15) is 0 Å². The summed E-state index contributed by atoms with van der Waals surface area (Å²) in [6, 6.07) is 12.7. The van der Waals surface area contributed by atoms with Gasteiger partial charge in [-0.2, -0.15) is 0 Å². The lowest BCUT2D eigenvalue weighted by molar-refractivity contribution is -0.378. The van der Waals surface area contributed by atoms with Crippen molar-refractivity contribution in [1.82, 2.24) is 9.88 Å². The fraction of sp³-hybridized carbons (Fsp3) is 0.333. The first kappa shape index (κ1) is 25.3. The largest absolute Gasteiger partial charge is 0.748 e. The molecule has 0 aliphatic heterocycles. The second-order valence-electron chi connectivity index (χ2n) is 7.65. The minimum atomic E-state index is -3.92. The molecule has 0 spiro atoms. The van der Waals surface area contributed by atoms with Crippen molar-refractivity contribution in [2.24, 2.45) is 0 Å². The zero-order valence-corrected chi connectivity index (χ0v) is 19.4. The average Bonchev–Trinajstić information content (AvgIpc) is 3.13. The van der Waals surface area contributed by atoms with Crippen LogP contribution < -0.4 is 10.3 Å². The van der Waals surface area contributed by atoms with E-state index < -0.39 is 10.1 Å². The van der Waals surface area contributed by atoms with Gasteiger partial charge in [-0.3, -0.25) is 4.79 Å². The maximum Gasteiger partial charge on any atom is 0.244 e. The highest BCUT2D eigenvalue weighted by Gasteiger charge is 2.01. The molecule has 3 rings (SSSR count). The fourth-order valence-corrected chi connectivity index (χ4v) is 3.23. The van der Waals surface area contributed by atoms with Crippen molar-refractivity contribution in [1.29, 1.82) is 0 Å². The number of aryl methyl sites for hydroxylation is 2. The maximum atomic E-state index is 11.8. The van der Waals surface area contributed by atoms with Crippen LogP contribution in [0.25, 0.3) is 17.0 Å². The molecule has 7 nitrogen and oxygen atoms in total. The molecule has 2 heterocycles. The zero-order valence-electron chi connectivity index (χ0n) is 18.6. The van der Waals surface area contributed by atoms with Crippen LogP contribution in [0.3, 0.4) is 0 Å². The number of pyridine rings is 1. The number of nitrogens with zero attached hydrogens (tertiary/aromatic N) is 1. The van der Waals surface area contributed by atoms with E-state index in [1.807, 2.05) is 30.6 Å². The number of unbranched alkanes of at least 4 members (excludes halogenated alkanes) is 3. The molecule has 1 aromatic carbocycles. The molecule has 0 saturated carbocycles. The summed E-state index contributed by atoms with van der Waals surface area (Å²) in [4.78, 5) is 14.8. The van der Waals surface area contributed by atoms with Gasteiger partial charge in [-0.1, -0.05) is 24.5 Å². The molecule has 0 radical (unpaired) electrons. The Hall–Kier alpha value is -2.97. The van der Waals surface area contributed by atoms with E-state index in [0.717, 1.165) is 37.9 Å². The zero-order chi connectivity index (χ0) is 23.4. The molecule has 0 aliphatic rings. The highest BCUT2D eigenvalue weighted by atomic mass is 32.2. The minimum absolute atomic E-state index is 0.0343. The van der Waals surface area contributed by atoms with Gasteiger partial charge < -0.3 is 14.4 Å². The van der Waals surface area contributed by atoms with Crippen molar-refractivity contribution in [3.05, 3.63) is 72.2 Å². The van der Waals surface area contributed by atoms with Crippen molar-refractivity contribution in [3.63, 3.8) is 0 Å². The Bertz CT molecular complexity index is 1110. The van der Waals surface area contributed by atoms with E-state index in [1.165, 1.54) is 22.9 Å². The average molecular weight is 458 g/mol. The van der Waals surface area contributed by atoms with Gasteiger partial charge in [0.25, 0.3) is 0 Å². The number of rotatable bonds is 9. The molecule has 2 N–H and O–H groups in total. The molecule has 1 amide bonds. The highest BCUT2D eigenvalue weighted by molar-refractivity contribution is 7.84. The number of amides is 1. The molecule has 0 fully saturated rings. The van der Waals surface area contributed by atoms with Gasteiger partial charge in [-0.05, 0) is 55.5 Å². The normalized spacial score (nSPS) is 11.3. The van der Waals surface area contributed by atoms with Gasteiger partial charge in [0, 0.05) is 48.8 Å². The Balaban J connectivity index is 0.000000654. The summed E-state index contributed by atoms with van der Waals surface area (Å²) in [5.74, 6) is -0.0343. The molecule has 0 unspecified atom stereocenters. The third kappa shape index (κ3) is 10.4. The number of carbonyl (C=O) groups is 1. The number of fused-ring (bicyclic) bond motifs is 1. The Morgan fingerprint density at radius 3 is 2.62 bits per heavy atom. The second-order valence-corrected chi connectivity index (χ2v) is 9.06. The van der Waals surface area contributed by atoms with Crippen molar-refractivity contribution in [2.75, 3.05) is 12.8 Å². The summed E-state index contributed by atoms with van der Waals surface area (Å²) in [6.07, 6.45) is 14.4. The first-order chi connectivity index (χ1) is 15.2. The van der Waals surface area contributed by atoms with Gasteiger partial charge in [0.15, 0.2) is 12.4 Å². The lowest BCUT2D eigenvalue weighted by Gasteiger charge is -2.06. The number of aromatic amines is 1. The molecule has 0 atom stereocenters. The molecule has 0 aliphatic carbocycles. The third-order valence-corrected chi connectivity index (χ3v) is 4.71. The molecular formula is C24H31N3O4S. The highest BCUT2D eigenvalue weighted by Crippen LogP contribution is 2.18. The van der Waals surface area contributed by atoms with Crippen LogP contribution >= 0.6 is 0 Å². The van der Waals surface area contributed by atoms with E-state index in [0.29, 0.717) is 6.26 Å². The number of carbonyl (C=O) groups excluding carboxylic acids is 1. The van der Waals surface area contributed by atoms with E-state index in [1.54, 1.807) is 6.08 Å². The monoisotopic (exact) mass is 457 g/mol. The first-order valence-electron chi connectivity index (χ1n) is 10.6. The predicted octanol–water partition coefficient (Wildman–Crippen LogP) is 3.32. The van der Waals surface area contributed by atoms with E-state index in [9.17, 15) is 4.79 Å². The standard InChI is InChI=1S/C23H27N3O.CH4O3S/c1-19-8-10-22-21(17-19)12-16-26(22)15-5-3-2-4-14-25-23(27)11-9-20-7-6-13-24-18-20;1-5(2,3)4/h6-13,16-18H,2-5,14-15H2,1H3,(H,25,27);1H3,(H,2,3,4)/b11-9+;. The number of hydrogen-bond acceptors (Lipinski definition) is 4. The fourth-order valence-electron chi connectivity index (χ4n) is 3.23. The number of hydrogen-bond donors (Lipinski definition) is 1. The van der Waals surface area contributed by atoms with Crippen molar-refractivity contribution in [2.45, 2.75) is 39.2 Å². The Kier molecular flexibility index (Phi) is 10.1. The van der Waals surface area contributed by atoms with Crippen molar-refractivity contribution >= 4 is 33.0 Å². The molecule has 172 valence electrons. The summed E-state index contributed by atoms with van der Waals surface area (Å²) in [5.41, 5.74) is 3.61. The van der Waals surface area contributed by atoms with E-state index in [2.05, 4.69) is 52.3 Å². The van der Waals surface area contributed by atoms with E-state index >= 15 is 0 Å². The summed E-state index contributed by atoms with van der Waals surface area (Å²) >= 11 is 0. The molecule has 0 saturated heterocycles. The number of nitrogens with one attached hydrogen (secondary N) is 2. The first-order valence-corrected chi connectivity index (χ1v) is 12.4. The van der Waals surface area contributed by atoms with Gasteiger partial charge >= 0.3 is 0 Å². The summed E-state index contributed by atoms with van der Waals surface area (Å²) < 4.78 is 29.6. The Morgan fingerprint density at radius 2 is 1.91 bits per heavy atom. The van der Waals surface area contributed by atoms with Crippen LogP contribution in [0.4, 0.5) is 0 Å². The number of aromatic nitrogens is 2. The number of H-pyrrole nitrogens is 1. The molecule has 8 heteroatoms. The van der Waals surface area contributed by atoms with Gasteiger partial charge in [0.2, 0.25) is 5.91 Å². The Labute approximate surface area is 189 Å². The van der Waals surface area contributed by atoms with Crippen LogP contribution in [0.1, 0.15) is 36.8 Å². The molecule has 2 aromatic heterocycles. The third-order valence-electron chi connectivity index (χ3n) is 4.71. The van der Waals surface area contributed by atoms with Crippen LogP contribution in [-0.4, -0.2) is 36.2 Å². The van der Waals surface area contributed by atoms with Gasteiger partial charge in [-0.15, -0.1) is 0 Å². The molecule has 0 bridgehead atoms. The lowest BCUT2D eigenvalue weighted by atomic mass is 10.1. The van der Waals surface area contributed by atoms with Crippen LogP contribution in [0, 0.1) is 6.92 Å². The van der Waals surface area contributed by atoms with E-state index in [-0.39, 0.29) is 5.91 Å². The lowest BCUT2D eigenvalue weighted by Crippen LogP contribution is -2.22. The molecule has 32 heavy (non-hydrogen) atoms. The van der Waals surface area contributed by atoms with Crippen LogP contribution in [0.15, 0.2) is 61.1 Å². The smallest absolute Gasteiger partial charge is 0.244 e. The second kappa shape index (κ2) is 12.8. The molecule has 3 aromatic rings. The summed E-state index contributed by atoms with van der Waals surface area (Å²) in [5, 5.41) is 4.26. The Morgan fingerprint density at radius 1 is 1.16 bits per heavy atom.